The number of alkyl halides is 3. The van der Waals surface area contributed by atoms with Gasteiger partial charge < -0.3 is 4.74 Å². The number of carbonyl (C=O) groups excluding carboxylic acids is 1. The van der Waals surface area contributed by atoms with Gasteiger partial charge in [0, 0.05) is 0 Å². The second-order valence-electron chi connectivity index (χ2n) is 3.90. The zero-order valence-electron chi connectivity index (χ0n) is 10.7. The minimum absolute atomic E-state index is 0.182. The molecule has 2 rings (SSSR count). The van der Waals surface area contributed by atoms with Crippen LogP contribution in [0, 0.1) is 0 Å². The lowest BCUT2D eigenvalue weighted by atomic mass is 10.0. The SMILES string of the molecule is COC(=O)C(Sc1ncn[nH]1)c1ccccc1C(F)(F)F. The molecule has 9 heteroatoms. The summed E-state index contributed by atoms with van der Waals surface area (Å²) < 4.78 is 43.8. The average Bonchev–Trinajstić information content (AvgIpc) is 2.96. The van der Waals surface area contributed by atoms with Crippen molar-refractivity contribution in [3.63, 3.8) is 0 Å². The molecule has 0 aliphatic heterocycles. The highest BCUT2D eigenvalue weighted by molar-refractivity contribution is 8.00. The van der Waals surface area contributed by atoms with E-state index in [0.29, 0.717) is 0 Å². The topological polar surface area (TPSA) is 67.9 Å². The molecule has 1 N–H and O–H groups in total. The van der Waals surface area contributed by atoms with Gasteiger partial charge in [-0.3, -0.25) is 9.89 Å². The third-order valence-corrected chi connectivity index (χ3v) is 3.69. The van der Waals surface area contributed by atoms with E-state index in [2.05, 4.69) is 19.9 Å². The Morgan fingerprint density at radius 3 is 2.67 bits per heavy atom. The van der Waals surface area contributed by atoms with Gasteiger partial charge in [-0.05, 0) is 11.6 Å². The number of rotatable bonds is 4. The van der Waals surface area contributed by atoms with Crippen LogP contribution in [-0.2, 0) is 15.7 Å². The molecular weight excluding hydrogens is 307 g/mol. The maximum absolute atomic E-state index is 13.1. The van der Waals surface area contributed by atoms with Crippen molar-refractivity contribution in [2.45, 2.75) is 16.6 Å². The fraction of sp³-hybridized carbons (Fsp3) is 0.250. The van der Waals surface area contributed by atoms with E-state index in [1.807, 2.05) is 0 Å². The van der Waals surface area contributed by atoms with Crippen LogP contribution < -0.4 is 0 Å². The Morgan fingerprint density at radius 1 is 1.38 bits per heavy atom. The summed E-state index contributed by atoms with van der Waals surface area (Å²) in [5, 5.41) is 5.11. The first-order valence-electron chi connectivity index (χ1n) is 5.69. The smallest absolute Gasteiger partial charge is 0.416 e. The molecule has 1 atom stereocenters. The van der Waals surface area contributed by atoms with Crippen molar-refractivity contribution in [1.29, 1.82) is 0 Å². The Morgan fingerprint density at radius 2 is 2.10 bits per heavy atom. The molecule has 0 aliphatic rings. The number of aromatic nitrogens is 3. The molecule has 0 amide bonds. The van der Waals surface area contributed by atoms with Crippen molar-refractivity contribution >= 4 is 17.7 Å². The molecule has 0 spiro atoms. The van der Waals surface area contributed by atoms with Gasteiger partial charge in [0.05, 0.1) is 12.7 Å². The van der Waals surface area contributed by atoms with Crippen molar-refractivity contribution in [2.75, 3.05) is 7.11 Å². The van der Waals surface area contributed by atoms with Crippen LogP contribution in [0.1, 0.15) is 16.4 Å². The van der Waals surface area contributed by atoms with Gasteiger partial charge in [0.1, 0.15) is 11.6 Å². The van der Waals surface area contributed by atoms with Crippen molar-refractivity contribution in [3.05, 3.63) is 41.7 Å². The van der Waals surface area contributed by atoms with Gasteiger partial charge in [0.2, 0.25) is 0 Å². The highest BCUT2D eigenvalue weighted by atomic mass is 32.2. The Kier molecular flexibility index (Phi) is 4.51. The van der Waals surface area contributed by atoms with Crippen LogP contribution in [0.4, 0.5) is 13.2 Å². The first-order chi connectivity index (χ1) is 9.93. The predicted octanol–water partition coefficient (Wildman–Crippen LogP) is 2.83. The summed E-state index contributed by atoms with van der Waals surface area (Å²) in [6, 6.07) is 4.86. The molecule has 1 aromatic heterocycles. The molecule has 0 aliphatic carbocycles. The average molecular weight is 317 g/mol. The van der Waals surface area contributed by atoms with E-state index in [-0.39, 0.29) is 10.7 Å². The molecule has 0 radical (unpaired) electrons. The van der Waals surface area contributed by atoms with Gasteiger partial charge >= 0.3 is 12.1 Å². The minimum atomic E-state index is -4.56. The van der Waals surface area contributed by atoms with Crippen molar-refractivity contribution < 1.29 is 22.7 Å². The van der Waals surface area contributed by atoms with E-state index in [9.17, 15) is 18.0 Å². The van der Waals surface area contributed by atoms with Crippen LogP contribution in [0.3, 0.4) is 0 Å². The summed E-state index contributed by atoms with van der Waals surface area (Å²) in [5.74, 6) is -0.798. The number of ether oxygens (including phenoxy) is 1. The maximum atomic E-state index is 13.1. The number of nitrogens with one attached hydrogen (secondary N) is 1. The fourth-order valence-corrected chi connectivity index (χ4v) is 2.65. The summed E-state index contributed by atoms with van der Waals surface area (Å²) in [7, 11) is 1.12. The van der Waals surface area contributed by atoms with Gasteiger partial charge in [-0.1, -0.05) is 30.0 Å². The summed E-state index contributed by atoms with van der Waals surface area (Å²) in [6.07, 6.45) is -3.36. The van der Waals surface area contributed by atoms with Crippen LogP contribution >= 0.6 is 11.8 Å². The molecule has 112 valence electrons. The quantitative estimate of drug-likeness (QED) is 0.694. The molecule has 1 heterocycles. The number of esters is 1. The third kappa shape index (κ3) is 3.54. The van der Waals surface area contributed by atoms with E-state index in [1.54, 1.807) is 0 Å². The molecular formula is C12H10F3N3O2S. The van der Waals surface area contributed by atoms with Gasteiger partial charge in [-0.25, -0.2) is 4.98 Å². The van der Waals surface area contributed by atoms with Gasteiger partial charge in [0.25, 0.3) is 0 Å². The molecule has 0 bridgehead atoms. The summed E-state index contributed by atoms with van der Waals surface area (Å²) in [5.41, 5.74) is -1.06. The van der Waals surface area contributed by atoms with Crippen molar-refractivity contribution in [1.82, 2.24) is 15.2 Å². The van der Waals surface area contributed by atoms with Gasteiger partial charge in [-0.15, -0.1) is 0 Å². The lowest BCUT2D eigenvalue weighted by Gasteiger charge is -2.18. The molecule has 2 aromatic rings. The molecule has 1 unspecified atom stereocenters. The second kappa shape index (κ2) is 6.17. The van der Waals surface area contributed by atoms with Crippen LogP contribution in [0.25, 0.3) is 0 Å². The number of nitrogens with zero attached hydrogens (tertiary/aromatic N) is 2. The lowest BCUT2D eigenvalue weighted by Crippen LogP contribution is -2.17. The Hall–Kier alpha value is -2.03. The monoisotopic (exact) mass is 317 g/mol. The van der Waals surface area contributed by atoms with E-state index in [4.69, 9.17) is 0 Å². The van der Waals surface area contributed by atoms with Gasteiger partial charge in [-0.2, -0.15) is 18.3 Å². The van der Waals surface area contributed by atoms with Crippen LogP contribution in [0.15, 0.2) is 35.7 Å². The standard InChI is InChI=1S/C12H10F3N3O2S/c1-20-10(19)9(21-11-16-6-17-18-11)7-4-2-3-5-8(7)12(13,14)15/h2-6,9H,1H3,(H,16,17,18). The van der Waals surface area contributed by atoms with Crippen LogP contribution in [0.2, 0.25) is 0 Å². The molecule has 1 aromatic carbocycles. The van der Waals surface area contributed by atoms with Crippen molar-refractivity contribution in [3.8, 4) is 0 Å². The zero-order valence-corrected chi connectivity index (χ0v) is 11.5. The largest absolute Gasteiger partial charge is 0.468 e. The Labute approximate surface area is 121 Å². The first kappa shape index (κ1) is 15.4. The summed E-state index contributed by atoms with van der Waals surface area (Å²) in [6.45, 7) is 0. The van der Waals surface area contributed by atoms with Crippen LogP contribution in [-0.4, -0.2) is 28.3 Å². The number of carbonyl (C=O) groups is 1. The third-order valence-electron chi connectivity index (χ3n) is 2.59. The molecule has 21 heavy (non-hydrogen) atoms. The Bertz CT molecular complexity index is 616. The minimum Gasteiger partial charge on any atom is -0.468 e. The number of halogens is 3. The van der Waals surface area contributed by atoms with E-state index >= 15 is 0 Å². The molecule has 0 saturated carbocycles. The number of aromatic amines is 1. The van der Waals surface area contributed by atoms with Crippen molar-refractivity contribution in [2.24, 2.45) is 0 Å². The fourth-order valence-electron chi connectivity index (χ4n) is 1.69. The number of benzene rings is 1. The number of thioether (sulfide) groups is 1. The number of methoxy groups -OCH3 is 1. The number of hydrogen-bond donors (Lipinski definition) is 1. The Balaban J connectivity index is 2.44. The van der Waals surface area contributed by atoms with Crippen LogP contribution in [0.5, 0.6) is 0 Å². The van der Waals surface area contributed by atoms with Gasteiger partial charge in [0.15, 0.2) is 5.16 Å². The predicted molar refractivity (Wildman–Crippen MR) is 68.4 cm³/mol. The highest BCUT2D eigenvalue weighted by Crippen LogP contribution is 2.41. The highest BCUT2D eigenvalue weighted by Gasteiger charge is 2.37. The molecule has 5 nitrogen and oxygen atoms in total. The number of H-pyrrole nitrogens is 1. The second-order valence-corrected chi connectivity index (χ2v) is 4.99. The maximum Gasteiger partial charge on any atom is 0.416 e. The van der Waals surface area contributed by atoms with E-state index in [0.717, 1.165) is 24.9 Å². The number of hydrogen-bond acceptors (Lipinski definition) is 5. The normalized spacial score (nSPS) is 13.0. The zero-order chi connectivity index (χ0) is 15.5. The van der Waals surface area contributed by atoms with E-state index in [1.165, 1.54) is 24.5 Å². The summed E-state index contributed by atoms with van der Waals surface area (Å²) in [4.78, 5) is 15.6. The summed E-state index contributed by atoms with van der Waals surface area (Å²) >= 11 is 0.808. The molecule has 0 fully saturated rings. The molecule has 0 saturated heterocycles. The van der Waals surface area contributed by atoms with E-state index < -0.39 is 23.0 Å². The lowest BCUT2D eigenvalue weighted by molar-refractivity contribution is -0.141. The first-order valence-corrected chi connectivity index (χ1v) is 6.57.